The van der Waals surface area contributed by atoms with Crippen LogP contribution in [0, 0.1) is 5.92 Å². The van der Waals surface area contributed by atoms with Crippen LogP contribution in [0.3, 0.4) is 0 Å². The van der Waals surface area contributed by atoms with Crippen LogP contribution >= 0.6 is 0 Å². The molecule has 131 valence electrons. The molecule has 5 nitrogen and oxygen atoms in total. The summed E-state index contributed by atoms with van der Waals surface area (Å²) in [6.45, 7) is 6.31. The third-order valence-electron chi connectivity index (χ3n) is 4.54. The van der Waals surface area contributed by atoms with Crippen LogP contribution in [-0.4, -0.2) is 31.5 Å². The summed E-state index contributed by atoms with van der Waals surface area (Å²) < 4.78 is 5.41. The van der Waals surface area contributed by atoms with Gasteiger partial charge in [-0.2, -0.15) is 0 Å². The number of rotatable bonds is 5. The molecular formula is C20H21BN3O2. The van der Waals surface area contributed by atoms with E-state index in [0.29, 0.717) is 6.61 Å². The van der Waals surface area contributed by atoms with Gasteiger partial charge in [-0.3, -0.25) is 9.78 Å². The third-order valence-corrected chi connectivity index (χ3v) is 4.54. The number of carbonyl (C=O) groups is 1. The van der Waals surface area contributed by atoms with E-state index in [0.717, 1.165) is 33.1 Å². The molecule has 0 aliphatic carbocycles. The van der Waals surface area contributed by atoms with Crippen molar-refractivity contribution in [2.75, 3.05) is 18.5 Å². The summed E-state index contributed by atoms with van der Waals surface area (Å²) in [5.41, 5.74) is 9.48. The highest BCUT2D eigenvalue weighted by atomic mass is 16.4. The Morgan fingerprint density at radius 1 is 1.46 bits per heavy atom. The average Bonchev–Trinajstić information content (AvgIpc) is 3.11. The SMILES string of the molecule is C=C/C=C1/[B]OC/C1=C(/C)C(CN)C(=O)Nc1ccc2cnccc2c1. The second-order valence-corrected chi connectivity index (χ2v) is 6.16. The van der Waals surface area contributed by atoms with Crippen LogP contribution in [0.25, 0.3) is 10.8 Å². The molecule has 1 atom stereocenters. The second-order valence-electron chi connectivity index (χ2n) is 6.16. The van der Waals surface area contributed by atoms with Gasteiger partial charge in [-0.15, -0.1) is 0 Å². The molecule has 1 radical (unpaired) electrons. The molecule has 1 aromatic heterocycles. The monoisotopic (exact) mass is 346 g/mol. The van der Waals surface area contributed by atoms with Gasteiger partial charge in [-0.05, 0) is 41.6 Å². The Morgan fingerprint density at radius 2 is 2.31 bits per heavy atom. The molecular weight excluding hydrogens is 325 g/mol. The number of fused-ring (bicyclic) bond motifs is 1. The summed E-state index contributed by atoms with van der Waals surface area (Å²) in [5.74, 6) is -0.558. The van der Waals surface area contributed by atoms with E-state index in [2.05, 4.69) is 16.9 Å². The summed E-state index contributed by atoms with van der Waals surface area (Å²) in [7, 11) is 1.68. The number of hydrogen-bond donors (Lipinski definition) is 2. The maximum atomic E-state index is 12.8. The molecule has 6 heteroatoms. The Morgan fingerprint density at radius 3 is 3.08 bits per heavy atom. The van der Waals surface area contributed by atoms with Gasteiger partial charge in [0.15, 0.2) is 0 Å². The van der Waals surface area contributed by atoms with Gasteiger partial charge in [0.25, 0.3) is 0 Å². The summed E-state index contributed by atoms with van der Waals surface area (Å²) in [5, 5.41) is 5.02. The number of allylic oxidation sites excluding steroid dienone is 2. The maximum Gasteiger partial charge on any atom is 0.330 e. The lowest BCUT2D eigenvalue weighted by Crippen LogP contribution is -2.31. The highest BCUT2D eigenvalue weighted by molar-refractivity contribution is 6.41. The topological polar surface area (TPSA) is 77.2 Å². The van der Waals surface area contributed by atoms with Gasteiger partial charge in [-0.25, -0.2) is 0 Å². The lowest BCUT2D eigenvalue weighted by molar-refractivity contribution is -0.118. The van der Waals surface area contributed by atoms with E-state index in [4.69, 9.17) is 10.4 Å². The third kappa shape index (κ3) is 3.76. The van der Waals surface area contributed by atoms with E-state index in [9.17, 15) is 4.79 Å². The summed E-state index contributed by atoms with van der Waals surface area (Å²) in [4.78, 5) is 16.9. The number of anilines is 1. The Labute approximate surface area is 153 Å². The van der Waals surface area contributed by atoms with Gasteiger partial charge in [0, 0.05) is 30.0 Å². The van der Waals surface area contributed by atoms with Crippen molar-refractivity contribution < 1.29 is 9.45 Å². The van der Waals surface area contributed by atoms with Gasteiger partial charge in [0.05, 0.1) is 12.5 Å². The molecule has 0 spiro atoms. The van der Waals surface area contributed by atoms with Crippen molar-refractivity contribution >= 4 is 29.8 Å². The first kappa shape index (κ1) is 18.1. The molecule has 3 rings (SSSR count). The molecule has 1 amide bonds. The molecule has 1 aliphatic heterocycles. The van der Waals surface area contributed by atoms with Crippen LogP contribution in [0.4, 0.5) is 5.69 Å². The Bertz CT molecular complexity index is 905. The molecule has 3 N–H and O–H groups in total. The number of carbonyl (C=O) groups excluding carboxylic acids is 1. The van der Waals surface area contributed by atoms with Crippen molar-refractivity contribution in [2.24, 2.45) is 11.7 Å². The number of nitrogens with one attached hydrogen (secondary N) is 1. The smallest absolute Gasteiger partial charge is 0.330 e. The first-order chi connectivity index (χ1) is 12.6. The molecule has 1 aromatic carbocycles. The zero-order chi connectivity index (χ0) is 18.5. The molecule has 1 unspecified atom stereocenters. The summed E-state index contributed by atoms with van der Waals surface area (Å²) in [6, 6.07) is 7.65. The Kier molecular flexibility index (Phi) is 5.66. The molecule has 0 bridgehead atoms. The van der Waals surface area contributed by atoms with Gasteiger partial charge in [-0.1, -0.05) is 30.4 Å². The first-order valence-electron chi connectivity index (χ1n) is 8.46. The number of benzene rings is 1. The molecule has 2 aromatic rings. The van der Waals surface area contributed by atoms with E-state index in [1.807, 2.05) is 37.3 Å². The number of amides is 1. The van der Waals surface area contributed by atoms with E-state index in [1.54, 1.807) is 26.0 Å². The minimum absolute atomic E-state index is 0.129. The summed E-state index contributed by atoms with van der Waals surface area (Å²) in [6.07, 6.45) is 7.10. The van der Waals surface area contributed by atoms with E-state index < -0.39 is 5.92 Å². The predicted octanol–water partition coefficient (Wildman–Crippen LogP) is 2.78. The van der Waals surface area contributed by atoms with Crippen LogP contribution in [0.1, 0.15) is 6.92 Å². The number of nitrogens with zero attached hydrogens (tertiary/aromatic N) is 1. The second kappa shape index (κ2) is 8.12. The van der Waals surface area contributed by atoms with Crippen LogP contribution < -0.4 is 11.1 Å². The minimum Gasteiger partial charge on any atom is -0.430 e. The molecule has 1 fully saturated rings. The Hall–Kier alpha value is -2.70. The van der Waals surface area contributed by atoms with Crippen LogP contribution in [0.2, 0.25) is 0 Å². The molecule has 0 saturated carbocycles. The van der Waals surface area contributed by atoms with E-state index in [1.165, 1.54) is 0 Å². The fraction of sp³-hybridized carbons (Fsp3) is 0.200. The van der Waals surface area contributed by atoms with Crippen LogP contribution in [-0.2, 0) is 9.45 Å². The molecule has 1 aliphatic rings. The normalized spacial score (nSPS) is 18.5. The van der Waals surface area contributed by atoms with E-state index in [-0.39, 0.29) is 12.5 Å². The minimum atomic E-state index is -0.429. The van der Waals surface area contributed by atoms with Crippen LogP contribution in [0.5, 0.6) is 0 Å². The zero-order valence-electron chi connectivity index (χ0n) is 14.7. The van der Waals surface area contributed by atoms with E-state index >= 15 is 0 Å². The Balaban J connectivity index is 1.84. The maximum absolute atomic E-state index is 12.8. The quantitative estimate of drug-likeness (QED) is 0.816. The van der Waals surface area contributed by atoms with Crippen molar-refractivity contribution in [1.82, 2.24) is 4.98 Å². The number of pyridine rings is 1. The fourth-order valence-corrected chi connectivity index (χ4v) is 3.06. The molecule has 26 heavy (non-hydrogen) atoms. The van der Waals surface area contributed by atoms with Crippen molar-refractivity contribution in [3.05, 3.63) is 72.0 Å². The molecule has 1 saturated heterocycles. The first-order valence-corrected chi connectivity index (χ1v) is 8.46. The molecule has 2 heterocycles. The van der Waals surface area contributed by atoms with Crippen molar-refractivity contribution in [1.29, 1.82) is 0 Å². The van der Waals surface area contributed by atoms with Gasteiger partial charge >= 0.3 is 7.48 Å². The predicted molar refractivity (Wildman–Crippen MR) is 106 cm³/mol. The summed E-state index contributed by atoms with van der Waals surface area (Å²) >= 11 is 0. The number of aromatic nitrogens is 1. The number of nitrogens with two attached hydrogens (primary N) is 1. The van der Waals surface area contributed by atoms with Gasteiger partial charge in [0.1, 0.15) is 0 Å². The standard InChI is InChI=1S/C20H21BN3O2/c1-3-4-19-18(12-26-21-19)13(2)17(10-22)20(25)24-16-6-5-15-11-23-8-7-14(15)9-16/h3-9,11,17H,1,10,12,22H2,2H3,(H,24,25)/b18-13+,19-4+. The largest absolute Gasteiger partial charge is 0.430 e. The van der Waals surface area contributed by atoms with Crippen LogP contribution in [0.15, 0.2) is 72.0 Å². The zero-order valence-corrected chi connectivity index (χ0v) is 14.7. The fourth-order valence-electron chi connectivity index (χ4n) is 3.06. The van der Waals surface area contributed by atoms with Crippen molar-refractivity contribution in [2.45, 2.75) is 6.92 Å². The van der Waals surface area contributed by atoms with Gasteiger partial charge in [0.2, 0.25) is 5.91 Å². The van der Waals surface area contributed by atoms with Crippen molar-refractivity contribution in [3.8, 4) is 0 Å². The highest BCUT2D eigenvalue weighted by Crippen LogP contribution is 2.26. The number of hydrogen-bond acceptors (Lipinski definition) is 4. The van der Waals surface area contributed by atoms with Gasteiger partial charge < -0.3 is 15.7 Å². The highest BCUT2D eigenvalue weighted by Gasteiger charge is 2.26. The lowest BCUT2D eigenvalue weighted by atomic mass is 9.81. The average molecular weight is 346 g/mol. The van der Waals surface area contributed by atoms with Crippen molar-refractivity contribution in [3.63, 3.8) is 0 Å². The lowest BCUT2D eigenvalue weighted by Gasteiger charge is -2.18.